The topological polar surface area (TPSA) is 41.1 Å². The van der Waals surface area contributed by atoms with Crippen molar-refractivity contribution in [1.82, 2.24) is 10.6 Å². The second-order valence-corrected chi connectivity index (χ2v) is 6.93. The highest BCUT2D eigenvalue weighted by Crippen LogP contribution is 2.34. The number of benzene rings is 1. The van der Waals surface area contributed by atoms with Gasteiger partial charge in [-0.25, -0.2) is 0 Å². The van der Waals surface area contributed by atoms with E-state index in [1.165, 1.54) is 0 Å². The molecule has 3 nitrogen and oxygen atoms in total. The molecule has 0 saturated carbocycles. The highest BCUT2D eigenvalue weighted by molar-refractivity contribution is 6.42. The molecule has 1 aliphatic heterocycles. The van der Waals surface area contributed by atoms with E-state index in [1.807, 2.05) is 19.1 Å². The van der Waals surface area contributed by atoms with Crippen molar-refractivity contribution in [3.8, 4) is 0 Å². The Hall–Kier alpha value is -0.480. The number of rotatable bonds is 6. The zero-order valence-electron chi connectivity index (χ0n) is 13.8. The maximum atomic E-state index is 12.6. The molecule has 23 heavy (non-hydrogen) atoms. The number of amides is 1. The summed E-state index contributed by atoms with van der Waals surface area (Å²) >= 11 is 12.2. The number of nitrogens with one attached hydrogen (secondary N) is 2. The van der Waals surface area contributed by atoms with Crippen LogP contribution in [0.15, 0.2) is 18.2 Å². The monoisotopic (exact) mass is 378 g/mol. The number of hydrogen-bond donors (Lipinski definition) is 2. The Kier molecular flexibility index (Phi) is 7.66. The van der Waals surface area contributed by atoms with E-state index in [0.717, 1.165) is 31.5 Å². The van der Waals surface area contributed by atoms with E-state index in [-0.39, 0.29) is 24.2 Å². The van der Waals surface area contributed by atoms with Crippen molar-refractivity contribution in [3.63, 3.8) is 0 Å². The van der Waals surface area contributed by atoms with Gasteiger partial charge in [-0.05, 0) is 49.5 Å². The molecule has 1 aromatic rings. The largest absolute Gasteiger partial charge is 0.346 e. The maximum absolute atomic E-state index is 12.6. The number of carbonyl (C=O) groups is 1. The van der Waals surface area contributed by atoms with E-state index in [0.29, 0.717) is 16.0 Å². The van der Waals surface area contributed by atoms with E-state index < -0.39 is 5.54 Å². The Bertz CT molecular complexity index is 543. The molecule has 2 rings (SSSR count). The Morgan fingerprint density at radius 1 is 1.30 bits per heavy atom. The molecule has 1 atom stereocenters. The van der Waals surface area contributed by atoms with Gasteiger partial charge in [-0.2, -0.15) is 0 Å². The SMILES string of the molecule is CCC(CC)(NC(=O)C(C)C1CNC1)c1ccc(Cl)c(Cl)c1.Cl. The summed E-state index contributed by atoms with van der Waals surface area (Å²) in [6.07, 6.45) is 1.62. The summed E-state index contributed by atoms with van der Waals surface area (Å²) in [7, 11) is 0. The predicted octanol–water partition coefficient (Wildman–Crippen LogP) is 4.40. The Labute approximate surface area is 154 Å². The fraction of sp³-hybridized carbons (Fsp3) is 0.588. The summed E-state index contributed by atoms with van der Waals surface area (Å²) in [5.74, 6) is 0.558. The molecule has 1 saturated heterocycles. The molecule has 6 heteroatoms. The molecule has 1 fully saturated rings. The normalized spacial score (nSPS) is 16.2. The lowest BCUT2D eigenvalue weighted by atomic mass is 9.82. The van der Waals surface area contributed by atoms with Crippen LogP contribution in [-0.4, -0.2) is 19.0 Å². The Morgan fingerprint density at radius 2 is 1.91 bits per heavy atom. The van der Waals surface area contributed by atoms with Crippen LogP contribution in [0, 0.1) is 11.8 Å². The molecule has 0 bridgehead atoms. The predicted molar refractivity (Wildman–Crippen MR) is 99.6 cm³/mol. The van der Waals surface area contributed by atoms with Gasteiger partial charge in [-0.15, -0.1) is 12.4 Å². The van der Waals surface area contributed by atoms with Crippen molar-refractivity contribution >= 4 is 41.5 Å². The average Bonchev–Trinajstić information content (AvgIpc) is 2.45. The third kappa shape index (κ3) is 4.33. The smallest absolute Gasteiger partial charge is 0.223 e. The van der Waals surface area contributed by atoms with Crippen LogP contribution >= 0.6 is 35.6 Å². The summed E-state index contributed by atoms with van der Waals surface area (Å²) in [4.78, 5) is 12.6. The first-order valence-electron chi connectivity index (χ1n) is 7.91. The van der Waals surface area contributed by atoms with Gasteiger partial charge in [-0.3, -0.25) is 4.79 Å². The molecule has 0 aliphatic carbocycles. The third-order valence-corrected chi connectivity index (χ3v) is 5.71. The van der Waals surface area contributed by atoms with Crippen LogP contribution in [0.3, 0.4) is 0 Å². The van der Waals surface area contributed by atoms with Crippen molar-refractivity contribution < 1.29 is 4.79 Å². The number of halogens is 3. The van der Waals surface area contributed by atoms with Crippen molar-refractivity contribution in [2.75, 3.05) is 13.1 Å². The molecular formula is C17H25Cl3N2O. The van der Waals surface area contributed by atoms with Gasteiger partial charge in [0.25, 0.3) is 0 Å². The first kappa shape index (κ1) is 20.6. The molecule has 0 spiro atoms. The lowest BCUT2D eigenvalue weighted by Crippen LogP contribution is -2.53. The van der Waals surface area contributed by atoms with Crippen LogP contribution in [-0.2, 0) is 10.3 Å². The van der Waals surface area contributed by atoms with E-state index in [4.69, 9.17) is 23.2 Å². The summed E-state index contributed by atoms with van der Waals surface area (Å²) in [5.41, 5.74) is 0.621. The van der Waals surface area contributed by atoms with E-state index in [2.05, 4.69) is 24.5 Å². The quantitative estimate of drug-likeness (QED) is 0.769. The minimum atomic E-state index is -0.392. The van der Waals surface area contributed by atoms with Crippen LogP contribution in [0.4, 0.5) is 0 Å². The zero-order chi connectivity index (χ0) is 16.3. The molecule has 1 unspecified atom stereocenters. The first-order chi connectivity index (χ1) is 10.4. The van der Waals surface area contributed by atoms with Crippen molar-refractivity contribution in [2.45, 2.75) is 39.2 Å². The average molecular weight is 380 g/mol. The van der Waals surface area contributed by atoms with E-state index >= 15 is 0 Å². The van der Waals surface area contributed by atoms with Gasteiger partial charge in [-0.1, -0.05) is 50.0 Å². The fourth-order valence-corrected chi connectivity index (χ4v) is 3.23. The minimum absolute atomic E-state index is 0. The summed E-state index contributed by atoms with van der Waals surface area (Å²) in [6.45, 7) is 8.02. The second-order valence-electron chi connectivity index (χ2n) is 6.11. The molecule has 1 aliphatic rings. The molecule has 1 amide bonds. The van der Waals surface area contributed by atoms with Gasteiger partial charge in [0.05, 0.1) is 15.6 Å². The van der Waals surface area contributed by atoms with Gasteiger partial charge in [0.15, 0.2) is 0 Å². The van der Waals surface area contributed by atoms with Crippen LogP contribution in [0.5, 0.6) is 0 Å². The molecular weight excluding hydrogens is 355 g/mol. The van der Waals surface area contributed by atoms with Gasteiger partial charge in [0, 0.05) is 5.92 Å². The van der Waals surface area contributed by atoms with Gasteiger partial charge >= 0.3 is 0 Å². The van der Waals surface area contributed by atoms with Crippen molar-refractivity contribution in [2.24, 2.45) is 11.8 Å². The number of carbonyl (C=O) groups excluding carboxylic acids is 1. The lowest BCUT2D eigenvalue weighted by Gasteiger charge is -2.38. The van der Waals surface area contributed by atoms with E-state index in [1.54, 1.807) is 6.07 Å². The molecule has 1 heterocycles. The Morgan fingerprint density at radius 3 is 2.35 bits per heavy atom. The molecule has 0 radical (unpaired) electrons. The standard InChI is InChI=1S/C17H24Cl2N2O.ClH/c1-4-17(5-2,13-6-7-14(18)15(19)8-13)21-16(22)11(3)12-9-20-10-12;/h6-8,11-12,20H,4-5,9-10H2,1-3H3,(H,21,22);1H. The fourth-order valence-electron chi connectivity index (χ4n) is 2.93. The van der Waals surface area contributed by atoms with E-state index in [9.17, 15) is 4.79 Å². The highest BCUT2D eigenvalue weighted by atomic mass is 35.5. The molecule has 130 valence electrons. The summed E-state index contributed by atoms with van der Waals surface area (Å²) in [6, 6.07) is 5.62. The zero-order valence-corrected chi connectivity index (χ0v) is 16.1. The lowest BCUT2D eigenvalue weighted by molar-refractivity contribution is -0.129. The summed E-state index contributed by atoms with van der Waals surface area (Å²) in [5, 5.41) is 7.55. The van der Waals surface area contributed by atoms with Gasteiger partial charge < -0.3 is 10.6 Å². The summed E-state index contributed by atoms with van der Waals surface area (Å²) < 4.78 is 0. The first-order valence-corrected chi connectivity index (χ1v) is 8.67. The number of hydrogen-bond acceptors (Lipinski definition) is 2. The molecule has 1 aromatic carbocycles. The molecule has 2 N–H and O–H groups in total. The van der Waals surface area contributed by atoms with Crippen molar-refractivity contribution in [1.29, 1.82) is 0 Å². The third-order valence-electron chi connectivity index (χ3n) is 4.98. The molecule has 0 aromatic heterocycles. The van der Waals surface area contributed by atoms with Gasteiger partial charge in [0.1, 0.15) is 0 Å². The van der Waals surface area contributed by atoms with Crippen LogP contribution < -0.4 is 10.6 Å². The maximum Gasteiger partial charge on any atom is 0.223 e. The van der Waals surface area contributed by atoms with Gasteiger partial charge in [0.2, 0.25) is 5.91 Å². The van der Waals surface area contributed by atoms with Crippen LogP contribution in [0.25, 0.3) is 0 Å². The Balaban J connectivity index is 0.00000264. The highest BCUT2D eigenvalue weighted by Gasteiger charge is 2.35. The van der Waals surface area contributed by atoms with Crippen LogP contribution in [0.2, 0.25) is 10.0 Å². The minimum Gasteiger partial charge on any atom is -0.346 e. The van der Waals surface area contributed by atoms with Crippen molar-refractivity contribution in [3.05, 3.63) is 33.8 Å². The second kappa shape index (κ2) is 8.57. The van der Waals surface area contributed by atoms with Crippen LogP contribution in [0.1, 0.15) is 39.2 Å².